The number of nitro groups is 1. The van der Waals surface area contributed by atoms with Gasteiger partial charge in [0.2, 0.25) is 0 Å². The van der Waals surface area contributed by atoms with Crippen molar-refractivity contribution in [3.05, 3.63) is 86.1 Å². The van der Waals surface area contributed by atoms with Gasteiger partial charge in [0.1, 0.15) is 28.7 Å². The van der Waals surface area contributed by atoms with Crippen LogP contribution in [0, 0.1) is 10.1 Å². The number of nitrogens with zero attached hydrogens (tertiary/aromatic N) is 2. The first-order chi connectivity index (χ1) is 14.4. The lowest BCUT2D eigenvalue weighted by Gasteiger charge is -2.08. The normalized spacial score (nSPS) is 10.3. The van der Waals surface area contributed by atoms with Crippen LogP contribution in [0.5, 0.6) is 11.5 Å². The predicted molar refractivity (Wildman–Crippen MR) is 108 cm³/mol. The standard InChI is InChI=1S/C20H18N4O6/c1-29-13-5-3-12(4-6-13)9-18-21-16(11-19(25)23-18)20(26)22-15-8-7-14(30-2)10-17(15)24(27)28/h3-8,10-11H,9H2,1-2H3,(H,22,26)(H,21,23,25). The van der Waals surface area contributed by atoms with Crippen molar-refractivity contribution < 1.29 is 19.2 Å². The van der Waals surface area contributed by atoms with Gasteiger partial charge in [0, 0.05) is 12.5 Å². The Balaban J connectivity index is 1.84. The van der Waals surface area contributed by atoms with Crippen molar-refractivity contribution in [2.24, 2.45) is 0 Å². The quantitative estimate of drug-likeness (QED) is 0.451. The van der Waals surface area contributed by atoms with Crippen LogP contribution in [0.3, 0.4) is 0 Å². The average Bonchev–Trinajstić information content (AvgIpc) is 2.74. The summed E-state index contributed by atoms with van der Waals surface area (Å²) in [5, 5.41) is 13.7. The second kappa shape index (κ2) is 8.86. The predicted octanol–water partition coefficient (Wildman–Crippen LogP) is 2.54. The minimum absolute atomic E-state index is 0.0374. The highest BCUT2D eigenvalue weighted by Gasteiger charge is 2.19. The molecule has 0 saturated carbocycles. The molecule has 30 heavy (non-hydrogen) atoms. The average molecular weight is 410 g/mol. The van der Waals surface area contributed by atoms with E-state index in [1.54, 1.807) is 19.2 Å². The molecule has 0 fully saturated rings. The highest BCUT2D eigenvalue weighted by molar-refractivity contribution is 6.04. The zero-order valence-electron chi connectivity index (χ0n) is 16.2. The second-order valence-corrected chi connectivity index (χ2v) is 6.20. The van der Waals surface area contributed by atoms with Gasteiger partial charge in [-0.1, -0.05) is 12.1 Å². The van der Waals surface area contributed by atoms with E-state index < -0.39 is 16.4 Å². The number of H-pyrrole nitrogens is 1. The van der Waals surface area contributed by atoms with E-state index in [4.69, 9.17) is 9.47 Å². The number of carbonyl (C=O) groups is 1. The largest absolute Gasteiger partial charge is 0.497 e. The number of amides is 1. The Morgan fingerprint density at radius 3 is 2.40 bits per heavy atom. The number of hydrogen-bond acceptors (Lipinski definition) is 7. The number of benzene rings is 2. The van der Waals surface area contributed by atoms with E-state index in [0.29, 0.717) is 5.75 Å². The fourth-order valence-corrected chi connectivity index (χ4v) is 2.73. The number of nitrogens with one attached hydrogen (secondary N) is 2. The van der Waals surface area contributed by atoms with Gasteiger partial charge >= 0.3 is 0 Å². The molecule has 0 unspecified atom stereocenters. The first-order valence-corrected chi connectivity index (χ1v) is 8.76. The lowest BCUT2D eigenvalue weighted by Crippen LogP contribution is -2.21. The fraction of sp³-hybridized carbons (Fsp3) is 0.150. The van der Waals surface area contributed by atoms with E-state index in [2.05, 4.69) is 15.3 Å². The zero-order valence-corrected chi connectivity index (χ0v) is 16.2. The van der Waals surface area contributed by atoms with Crippen molar-refractivity contribution in [2.75, 3.05) is 19.5 Å². The topological polar surface area (TPSA) is 136 Å². The molecule has 1 heterocycles. The van der Waals surface area contributed by atoms with Crippen LogP contribution < -0.4 is 20.3 Å². The van der Waals surface area contributed by atoms with Crippen molar-refractivity contribution in [3.63, 3.8) is 0 Å². The Labute approximate surface area is 170 Å². The third-order valence-electron chi connectivity index (χ3n) is 4.20. The maximum absolute atomic E-state index is 12.6. The summed E-state index contributed by atoms with van der Waals surface area (Å²) in [5.74, 6) is 0.498. The summed E-state index contributed by atoms with van der Waals surface area (Å²) in [5.41, 5.74) is -0.201. The Morgan fingerprint density at radius 2 is 1.77 bits per heavy atom. The number of methoxy groups -OCH3 is 2. The smallest absolute Gasteiger partial charge is 0.296 e. The van der Waals surface area contributed by atoms with Gasteiger partial charge in [-0.2, -0.15) is 0 Å². The SMILES string of the molecule is COc1ccc(Cc2nc(C(=O)Nc3ccc(OC)cc3[N+](=O)[O-])cc(=O)[nH]2)cc1. The summed E-state index contributed by atoms with van der Waals surface area (Å²) >= 11 is 0. The van der Waals surface area contributed by atoms with E-state index in [0.717, 1.165) is 11.6 Å². The number of rotatable bonds is 7. The highest BCUT2D eigenvalue weighted by atomic mass is 16.6. The van der Waals surface area contributed by atoms with Gasteiger partial charge in [-0.15, -0.1) is 0 Å². The molecule has 0 saturated heterocycles. The number of hydrogen-bond donors (Lipinski definition) is 2. The van der Waals surface area contributed by atoms with E-state index >= 15 is 0 Å². The van der Waals surface area contributed by atoms with Crippen molar-refractivity contribution in [3.8, 4) is 11.5 Å². The highest BCUT2D eigenvalue weighted by Crippen LogP contribution is 2.29. The molecule has 0 aliphatic heterocycles. The number of aromatic nitrogens is 2. The minimum Gasteiger partial charge on any atom is -0.497 e. The molecular weight excluding hydrogens is 392 g/mol. The van der Waals surface area contributed by atoms with Gasteiger partial charge in [-0.3, -0.25) is 19.7 Å². The van der Waals surface area contributed by atoms with Crippen LogP contribution in [0.1, 0.15) is 21.9 Å². The first kappa shape index (κ1) is 20.5. The number of anilines is 1. The van der Waals surface area contributed by atoms with Gasteiger partial charge < -0.3 is 19.8 Å². The summed E-state index contributed by atoms with van der Waals surface area (Å²) in [6.07, 6.45) is 0.281. The van der Waals surface area contributed by atoms with Gasteiger partial charge in [-0.25, -0.2) is 4.98 Å². The molecule has 154 valence electrons. The Hall–Kier alpha value is -4.21. The van der Waals surface area contributed by atoms with Crippen molar-refractivity contribution in [2.45, 2.75) is 6.42 Å². The van der Waals surface area contributed by atoms with E-state index in [9.17, 15) is 19.7 Å². The molecule has 0 aliphatic rings. The molecule has 2 aromatic carbocycles. The van der Waals surface area contributed by atoms with Crippen LogP contribution in [0.4, 0.5) is 11.4 Å². The Kier molecular flexibility index (Phi) is 6.06. The number of nitro benzene ring substituents is 1. The molecule has 0 bridgehead atoms. The number of carbonyl (C=O) groups excluding carboxylic acids is 1. The summed E-state index contributed by atoms with van der Waals surface area (Å²) in [6.45, 7) is 0. The Morgan fingerprint density at radius 1 is 1.10 bits per heavy atom. The third kappa shape index (κ3) is 4.79. The lowest BCUT2D eigenvalue weighted by atomic mass is 10.1. The maximum atomic E-state index is 12.6. The molecule has 0 radical (unpaired) electrons. The van der Waals surface area contributed by atoms with Crippen LogP contribution in [0.15, 0.2) is 53.3 Å². The summed E-state index contributed by atoms with van der Waals surface area (Å²) < 4.78 is 10.1. The molecule has 10 heteroatoms. The lowest BCUT2D eigenvalue weighted by molar-refractivity contribution is -0.384. The van der Waals surface area contributed by atoms with Crippen LogP contribution >= 0.6 is 0 Å². The molecular formula is C20H18N4O6. The van der Waals surface area contributed by atoms with Crippen molar-refractivity contribution in [1.82, 2.24) is 9.97 Å². The van der Waals surface area contributed by atoms with Gasteiger partial charge in [0.25, 0.3) is 17.2 Å². The van der Waals surface area contributed by atoms with E-state index in [1.165, 1.54) is 25.3 Å². The molecule has 0 atom stereocenters. The fourth-order valence-electron chi connectivity index (χ4n) is 2.73. The van der Waals surface area contributed by atoms with E-state index in [1.807, 2.05) is 12.1 Å². The van der Waals surface area contributed by atoms with Crippen LogP contribution in [-0.2, 0) is 6.42 Å². The molecule has 10 nitrogen and oxygen atoms in total. The zero-order chi connectivity index (χ0) is 21.7. The third-order valence-corrected chi connectivity index (χ3v) is 4.20. The summed E-state index contributed by atoms with van der Waals surface area (Å²) in [6, 6.07) is 12.2. The summed E-state index contributed by atoms with van der Waals surface area (Å²) in [7, 11) is 2.94. The molecule has 0 aliphatic carbocycles. The monoisotopic (exact) mass is 410 g/mol. The molecule has 0 spiro atoms. The summed E-state index contributed by atoms with van der Waals surface area (Å²) in [4.78, 5) is 42.0. The second-order valence-electron chi connectivity index (χ2n) is 6.20. The molecule has 1 amide bonds. The molecule has 1 aromatic heterocycles. The van der Waals surface area contributed by atoms with Gasteiger partial charge in [-0.05, 0) is 29.8 Å². The van der Waals surface area contributed by atoms with Crippen LogP contribution in [0.2, 0.25) is 0 Å². The van der Waals surface area contributed by atoms with Crippen LogP contribution in [-0.4, -0.2) is 35.0 Å². The number of aromatic amines is 1. The van der Waals surface area contributed by atoms with E-state index in [-0.39, 0.29) is 35.1 Å². The van der Waals surface area contributed by atoms with Crippen molar-refractivity contribution >= 4 is 17.3 Å². The van der Waals surface area contributed by atoms with Crippen molar-refractivity contribution in [1.29, 1.82) is 0 Å². The maximum Gasteiger partial charge on any atom is 0.296 e. The number of ether oxygens (including phenoxy) is 2. The van der Waals surface area contributed by atoms with Gasteiger partial charge in [0.05, 0.1) is 25.2 Å². The first-order valence-electron chi connectivity index (χ1n) is 8.76. The molecule has 2 N–H and O–H groups in total. The molecule has 3 aromatic rings. The van der Waals surface area contributed by atoms with Gasteiger partial charge in [0.15, 0.2) is 0 Å². The van der Waals surface area contributed by atoms with Crippen LogP contribution in [0.25, 0.3) is 0 Å². The Bertz CT molecular complexity index is 1140. The minimum atomic E-state index is -0.745. The molecule has 3 rings (SSSR count).